The minimum Gasteiger partial charge on any atom is -0.315 e. The number of hydrogen-bond acceptors (Lipinski definition) is 1. The molecule has 0 aromatic heterocycles. The van der Waals surface area contributed by atoms with Crippen molar-refractivity contribution in [2.24, 2.45) is 0 Å². The Morgan fingerprint density at radius 1 is 0.833 bits per heavy atom. The maximum Gasteiger partial charge on any atom is 0.00767 e. The van der Waals surface area contributed by atoms with Crippen LogP contribution >= 0.6 is 0 Å². The van der Waals surface area contributed by atoms with Crippen LogP contribution in [-0.4, -0.2) is 6.54 Å². The van der Waals surface area contributed by atoms with Crippen LogP contribution in [0, 0.1) is 7.05 Å². The van der Waals surface area contributed by atoms with E-state index in [1.807, 2.05) is 0 Å². The van der Waals surface area contributed by atoms with Crippen LogP contribution < -0.4 is 5.32 Å². The maximum atomic E-state index is 3.59. The number of hydrogen-bond donors (Lipinski definition) is 1. The molecular weight excluding hydrogens is 146 g/mol. The molecule has 0 aromatic rings. The van der Waals surface area contributed by atoms with Gasteiger partial charge in [-0.15, -0.1) is 0 Å². The van der Waals surface area contributed by atoms with Crippen molar-refractivity contribution in [3.05, 3.63) is 7.05 Å². The molecule has 0 aliphatic rings. The van der Waals surface area contributed by atoms with Crippen LogP contribution in [-0.2, 0) is 0 Å². The average Bonchev–Trinajstić information content (AvgIpc) is 2.10. The van der Waals surface area contributed by atoms with Crippen LogP contribution in [0.2, 0.25) is 0 Å². The van der Waals surface area contributed by atoms with Gasteiger partial charge in [0.15, 0.2) is 0 Å². The third-order valence-corrected chi connectivity index (χ3v) is 2.21. The molecule has 0 heterocycles. The predicted molar refractivity (Wildman–Crippen MR) is 56.0 cm³/mol. The van der Waals surface area contributed by atoms with Crippen molar-refractivity contribution in [3.8, 4) is 0 Å². The fourth-order valence-corrected chi connectivity index (χ4v) is 1.38. The van der Waals surface area contributed by atoms with Gasteiger partial charge in [0.1, 0.15) is 0 Å². The average molecular weight is 170 g/mol. The smallest absolute Gasteiger partial charge is 0.00767 e. The molecule has 73 valence electrons. The molecule has 0 atom stereocenters. The molecule has 1 N–H and O–H groups in total. The van der Waals surface area contributed by atoms with E-state index in [0.717, 1.165) is 6.54 Å². The lowest BCUT2D eigenvalue weighted by Gasteiger charge is -2.00. The Morgan fingerprint density at radius 2 is 1.33 bits per heavy atom. The van der Waals surface area contributed by atoms with E-state index in [9.17, 15) is 0 Å². The van der Waals surface area contributed by atoms with Crippen LogP contribution in [0.4, 0.5) is 0 Å². The second kappa shape index (κ2) is 11.0. The molecule has 0 spiro atoms. The van der Waals surface area contributed by atoms with Crippen LogP contribution in [0.1, 0.15) is 58.3 Å². The molecule has 1 nitrogen and oxygen atoms in total. The Labute approximate surface area is 77.9 Å². The number of nitrogens with one attached hydrogen (secondary N) is 1. The van der Waals surface area contributed by atoms with Crippen LogP contribution in [0.5, 0.6) is 0 Å². The van der Waals surface area contributed by atoms with E-state index in [0.29, 0.717) is 0 Å². The van der Waals surface area contributed by atoms with Gasteiger partial charge < -0.3 is 5.32 Å². The summed E-state index contributed by atoms with van der Waals surface area (Å²) in [7, 11) is 3.59. The topological polar surface area (TPSA) is 12.0 Å². The van der Waals surface area contributed by atoms with Gasteiger partial charge in [-0.3, -0.25) is 0 Å². The van der Waals surface area contributed by atoms with Crippen molar-refractivity contribution < 1.29 is 0 Å². The first-order valence-corrected chi connectivity index (χ1v) is 5.41. The van der Waals surface area contributed by atoms with Crippen molar-refractivity contribution in [1.29, 1.82) is 0 Å². The molecule has 12 heavy (non-hydrogen) atoms. The largest absolute Gasteiger partial charge is 0.315 e. The minimum atomic E-state index is 1.08. The molecule has 0 fully saturated rings. The van der Waals surface area contributed by atoms with Crippen LogP contribution in [0.3, 0.4) is 0 Å². The van der Waals surface area contributed by atoms with E-state index >= 15 is 0 Å². The summed E-state index contributed by atoms with van der Waals surface area (Å²) in [6.45, 7) is 3.34. The van der Waals surface area contributed by atoms with Gasteiger partial charge in [-0.2, -0.15) is 0 Å². The van der Waals surface area contributed by atoms with Gasteiger partial charge in [-0.05, 0) is 13.0 Å². The van der Waals surface area contributed by atoms with Crippen molar-refractivity contribution >= 4 is 0 Å². The first-order valence-electron chi connectivity index (χ1n) is 5.41. The molecule has 0 aliphatic carbocycles. The van der Waals surface area contributed by atoms with E-state index in [4.69, 9.17) is 0 Å². The summed E-state index contributed by atoms with van der Waals surface area (Å²) in [5.74, 6) is 0. The lowest BCUT2D eigenvalue weighted by atomic mass is 10.1. The highest BCUT2D eigenvalue weighted by molar-refractivity contribution is 4.48. The second-order valence-electron chi connectivity index (χ2n) is 3.47. The van der Waals surface area contributed by atoms with Gasteiger partial charge in [0.25, 0.3) is 0 Å². The molecule has 0 amide bonds. The minimum absolute atomic E-state index is 1.08. The van der Waals surface area contributed by atoms with Crippen molar-refractivity contribution in [2.45, 2.75) is 58.3 Å². The Balaban J connectivity index is 2.73. The highest BCUT2D eigenvalue weighted by Crippen LogP contribution is 2.07. The molecule has 0 rings (SSSR count). The van der Waals surface area contributed by atoms with Gasteiger partial charge in [-0.25, -0.2) is 0 Å². The quantitative estimate of drug-likeness (QED) is 0.522. The molecule has 1 radical (unpaired) electrons. The van der Waals surface area contributed by atoms with Gasteiger partial charge >= 0.3 is 0 Å². The zero-order valence-corrected chi connectivity index (χ0v) is 8.57. The van der Waals surface area contributed by atoms with Crippen molar-refractivity contribution in [3.63, 3.8) is 0 Å². The predicted octanol–water partition coefficient (Wildman–Crippen LogP) is 3.51. The second-order valence-corrected chi connectivity index (χ2v) is 3.47. The highest BCUT2D eigenvalue weighted by Gasteiger charge is 1.89. The Bertz CT molecular complexity index is 61.4. The summed E-state index contributed by atoms with van der Waals surface area (Å²) in [5.41, 5.74) is 0. The third-order valence-electron chi connectivity index (χ3n) is 2.21. The number of unbranched alkanes of at least 4 members (excludes halogenated alkanes) is 7. The molecule has 0 unspecified atom stereocenters. The van der Waals surface area contributed by atoms with Gasteiger partial charge in [-0.1, -0.05) is 51.9 Å². The monoisotopic (exact) mass is 170 g/mol. The van der Waals surface area contributed by atoms with E-state index in [1.54, 1.807) is 0 Å². The van der Waals surface area contributed by atoms with E-state index in [-0.39, 0.29) is 0 Å². The lowest BCUT2D eigenvalue weighted by Crippen LogP contribution is -2.03. The Hall–Kier alpha value is -0.0400. The zero-order chi connectivity index (χ0) is 9.07. The molecular formula is C11H24N. The Morgan fingerprint density at radius 3 is 1.83 bits per heavy atom. The Kier molecular flexibility index (Phi) is 10.9. The lowest BCUT2D eigenvalue weighted by molar-refractivity contribution is 0.570. The summed E-state index contributed by atoms with van der Waals surface area (Å²) in [5, 5.41) is 2.93. The van der Waals surface area contributed by atoms with Gasteiger partial charge in [0.05, 0.1) is 0 Å². The molecule has 1 heteroatoms. The fourth-order valence-electron chi connectivity index (χ4n) is 1.38. The van der Waals surface area contributed by atoms with E-state index < -0.39 is 0 Å². The third kappa shape index (κ3) is 9.96. The van der Waals surface area contributed by atoms with Gasteiger partial charge in [0, 0.05) is 7.05 Å². The zero-order valence-electron chi connectivity index (χ0n) is 8.57. The number of rotatable bonds is 9. The summed E-state index contributed by atoms with van der Waals surface area (Å²) in [6, 6.07) is 0. The normalized spacial score (nSPS) is 10.5. The molecule has 0 saturated heterocycles. The first-order chi connectivity index (χ1) is 5.91. The molecule has 0 bridgehead atoms. The molecule has 0 aliphatic heterocycles. The molecule has 0 saturated carbocycles. The first kappa shape index (κ1) is 12.0. The van der Waals surface area contributed by atoms with E-state index in [1.165, 1.54) is 51.4 Å². The van der Waals surface area contributed by atoms with E-state index in [2.05, 4.69) is 19.3 Å². The van der Waals surface area contributed by atoms with Crippen molar-refractivity contribution in [2.75, 3.05) is 6.54 Å². The standard InChI is InChI=1S/C11H24N/c1-3-4-5-6-7-8-9-10-11-12-2/h12H,2-11H2,1H3. The summed E-state index contributed by atoms with van der Waals surface area (Å²) >= 11 is 0. The van der Waals surface area contributed by atoms with Crippen LogP contribution in [0.25, 0.3) is 0 Å². The van der Waals surface area contributed by atoms with Crippen molar-refractivity contribution in [1.82, 2.24) is 5.32 Å². The SMILES string of the molecule is [CH2]NCCCCCCCCCC. The maximum absolute atomic E-state index is 3.59. The molecule has 0 aromatic carbocycles. The summed E-state index contributed by atoms with van der Waals surface area (Å²) in [4.78, 5) is 0. The summed E-state index contributed by atoms with van der Waals surface area (Å²) in [6.07, 6.45) is 11.1. The fraction of sp³-hybridized carbons (Fsp3) is 0.909. The summed E-state index contributed by atoms with van der Waals surface area (Å²) < 4.78 is 0. The van der Waals surface area contributed by atoms with Crippen LogP contribution in [0.15, 0.2) is 0 Å². The highest BCUT2D eigenvalue weighted by atomic mass is 14.8. The van der Waals surface area contributed by atoms with Gasteiger partial charge in [0.2, 0.25) is 0 Å².